The lowest BCUT2D eigenvalue weighted by Gasteiger charge is -2.37. The van der Waals surface area contributed by atoms with Gasteiger partial charge in [-0.3, -0.25) is 0 Å². The summed E-state index contributed by atoms with van der Waals surface area (Å²) in [6, 6.07) is 17.6. The zero-order valence-electron chi connectivity index (χ0n) is 14.6. The van der Waals surface area contributed by atoms with Gasteiger partial charge in [-0.1, -0.05) is 42.5 Å². The molecule has 0 amide bonds. The highest BCUT2D eigenvalue weighted by atomic mass is 16.3. The maximum atomic E-state index is 9.11. The lowest BCUT2D eigenvalue weighted by Crippen LogP contribution is -2.42. The van der Waals surface area contributed by atoms with E-state index in [4.69, 9.17) is 5.11 Å². The Labute approximate surface area is 150 Å². The Kier molecular flexibility index (Phi) is 4.75. The van der Waals surface area contributed by atoms with Crippen LogP contribution in [0.2, 0.25) is 0 Å². The van der Waals surface area contributed by atoms with Gasteiger partial charge in [0.15, 0.2) is 0 Å². The summed E-state index contributed by atoms with van der Waals surface area (Å²) in [4.78, 5) is 5.06. The van der Waals surface area contributed by atoms with E-state index in [1.807, 2.05) is 12.1 Å². The molecule has 0 unspecified atom stereocenters. The number of anilines is 1. The molecule has 3 heteroatoms. The predicted octanol–water partition coefficient (Wildman–Crippen LogP) is 3.68. The Morgan fingerprint density at radius 3 is 2.48 bits per heavy atom. The van der Waals surface area contributed by atoms with Crippen molar-refractivity contribution in [2.24, 2.45) is 0 Å². The zero-order valence-corrected chi connectivity index (χ0v) is 14.6. The molecule has 4 rings (SSSR count). The minimum atomic E-state index is 0.108. The van der Waals surface area contributed by atoms with E-state index in [2.05, 4.69) is 58.5 Å². The molecule has 0 atom stereocenters. The molecule has 2 aliphatic rings. The number of aliphatic hydroxyl groups excluding tert-OH is 1. The number of nitrogens with zero attached hydrogens (tertiary/aromatic N) is 2. The molecule has 0 bridgehead atoms. The van der Waals surface area contributed by atoms with Crippen LogP contribution in [0.4, 0.5) is 5.69 Å². The van der Waals surface area contributed by atoms with Gasteiger partial charge in [0.2, 0.25) is 0 Å². The van der Waals surface area contributed by atoms with Gasteiger partial charge in [-0.05, 0) is 54.3 Å². The molecule has 2 aromatic carbocycles. The van der Waals surface area contributed by atoms with Crippen molar-refractivity contribution < 1.29 is 5.11 Å². The first-order chi connectivity index (χ1) is 12.3. The van der Waals surface area contributed by atoms with Crippen molar-refractivity contribution in [3.63, 3.8) is 0 Å². The average molecular weight is 334 g/mol. The topological polar surface area (TPSA) is 26.7 Å². The van der Waals surface area contributed by atoms with Crippen LogP contribution < -0.4 is 4.90 Å². The summed E-state index contributed by atoms with van der Waals surface area (Å²) in [7, 11) is 0. The van der Waals surface area contributed by atoms with E-state index in [0.29, 0.717) is 6.04 Å². The number of hydrogen-bond donors (Lipinski definition) is 1. The second kappa shape index (κ2) is 7.32. The fourth-order valence-corrected chi connectivity index (χ4v) is 4.02. The summed E-state index contributed by atoms with van der Waals surface area (Å²) in [5.41, 5.74) is 5.12. The van der Waals surface area contributed by atoms with Crippen LogP contribution in [-0.4, -0.2) is 35.7 Å². The van der Waals surface area contributed by atoms with Gasteiger partial charge in [0.1, 0.15) is 0 Å². The van der Waals surface area contributed by atoms with E-state index in [1.165, 1.54) is 42.6 Å². The number of aliphatic hydroxyl groups is 1. The van der Waals surface area contributed by atoms with E-state index < -0.39 is 0 Å². The summed E-state index contributed by atoms with van der Waals surface area (Å²) in [6.07, 6.45) is 8.04. The zero-order chi connectivity index (χ0) is 17.1. The summed E-state index contributed by atoms with van der Waals surface area (Å²) in [5.74, 6) is 0. The number of likely N-dealkylation sites (tertiary alicyclic amines) is 1. The second-order valence-corrected chi connectivity index (χ2v) is 7.05. The van der Waals surface area contributed by atoms with E-state index in [9.17, 15) is 0 Å². The Morgan fingerprint density at radius 1 is 0.960 bits per heavy atom. The largest absolute Gasteiger partial charge is 0.392 e. The van der Waals surface area contributed by atoms with E-state index in [0.717, 1.165) is 18.7 Å². The number of fused-ring (bicyclic) bond motifs is 1. The predicted molar refractivity (Wildman–Crippen MR) is 103 cm³/mol. The van der Waals surface area contributed by atoms with Crippen LogP contribution in [0.5, 0.6) is 0 Å². The molecule has 130 valence electrons. The van der Waals surface area contributed by atoms with E-state index in [1.54, 1.807) is 0 Å². The summed E-state index contributed by atoms with van der Waals surface area (Å²) in [6.45, 7) is 3.53. The molecule has 0 aromatic heterocycles. The van der Waals surface area contributed by atoms with Gasteiger partial charge >= 0.3 is 0 Å². The van der Waals surface area contributed by atoms with Crippen LogP contribution in [0.1, 0.15) is 29.5 Å². The maximum Gasteiger partial charge on any atom is 0.0681 e. The summed E-state index contributed by atoms with van der Waals surface area (Å²) < 4.78 is 0. The van der Waals surface area contributed by atoms with Crippen molar-refractivity contribution in [2.45, 2.75) is 31.9 Å². The highest BCUT2D eigenvalue weighted by Gasteiger charge is 2.28. The normalized spacial score (nSPS) is 18.1. The minimum Gasteiger partial charge on any atom is -0.392 e. The number of rotatable bonds is 4. The number of piperidine rings is 1. The Morgan fingerprint density at radius 2 is 1.72 bits per heavy atom. The first kappa shape index (κ1) is 16.2. The highest BCUT2D eigenvalue weighted by Crippen LogP contribution is 2.32. The molecule has 3 nitrogen and oxygen atoms in total. The first-order valence-electron chi connectivity index (χ1n) is 9.30. The quantitative estimate of drug-likeness (QED) is 0.924. The molecule has 2 aromatic rings. The first-order valence-corrected chi connectivity index (χ1v) is 9.30. The molecular formula is C22H26N2O. The Bertz CT molecular complexity index is 730. The standard InChI is InChI=1S/C22H26N2O/c25-17-19-7-5-18(6-8-19)9-13-23-14-11-21(12-15-23)24-16-10-20-3-1-2-4-22(20)24/h1-9,13,21,25H,10-12,14-17H2. The van der Waals surface area contributed by atoms with Crippen LogP contribution >= 0.6 is 0 Å². The lowest BCUT2D eigenvalue weighted by atomic mass is 10.0. The molecule has 1 N–H and O–H groups in total. The van der Waals surface area contributed by atoms with Gasteiger partial charge in [0.05, 0.1) is 6.61 Å². The van der Waals surface area contributed by atoms with Crippen molar-refractivity contribution in [2.75, 3.05) is 24.5 Å². The molecule has 25 heavy (non-hydrogen) atoms. The molecule has 2 heterocycles. The number of benzene rings is 2. The number of para-hydroxylation sites is 1. The van der Waals surface area contributed by atoms with Crippen LogP contribution in [0, 0.1) is 0 Å². The third kappa shape index (κ3) is 3.57. The van der Waals surface area contributed by atoms with Gasteiger partial charge in [0.25, 0.3) is 0 Å². The third-order valence-corrected chi connectivity index (χ3v) is 5.50. The Hall–Kier alpha value is -2.26. The molecule has 1 saturated heterocycles. The van der Waals surface area contributed by atoms with Crippen LogP contribution in [0.25, 0.3) is 6.08 Å². The molecule has 2 aliphatic heterocycles. The van der Waals surface area contributed by atoms with Crippen molar-refractivity contribution in [1.29, 1.82) is 0 Å². The molecule has 1 fully saturated rings. The Balaban J connectivity index is 1.33. The minimum absolute atomic E-state index is 0.108. The molecule has 0 saturated carbocycles. The summed E-state index contributed by atoms with van der Waals surface area (Å²) in [5, 5.41) is 9.11. The fourth-order valence-electron chi connectivity index (χ4n) is 4.02. The summed E-state index contributed by atoms with van der Waals surface area (Å²) >= 11 is 0. The molecular weight excluding hydrogens is 308 g/mol. The molecule has 0 radical (unpaired) electrons. The van der Waals surface area contributed by atoms with Gasteiger partial charge in [-0.15, -0.1) is 0 Å². The lowest BCUT2D eigenvalue weighted by molar-refractivity contribution is 0.279. The van der Waals surface area contributed by atoms with Crippen molar-refractivity contribution in [1.82, 2.24) is 4.90 Å². The smallest absolute Gasteiger partial charge is 0.0681 e. The third-order valence-electron chi connectivity index (χ3n) is 5.50. The highest BCUT2D eigenvalue weighted by molar-refractivity contribution is 5.58. The van der Waals surface area contributed by atoms with Crippen molar-refractivity contribution >= 4 is 11.8 Å². The SMILES string of the molecule is OCc1ccc(C=CN2CCC(N3CCc4ccccc43)CC2)cc1. The van der Waals surface area contributed by atoms with Gasteiger partial charge in [-0.25, -0.2) is 0 Å². The van der Waals surface area contributed by atoms with E-state index >= 15 is 0 Å². The monoisotopic (exact) mass is 334 g/mol. The van der Waals surface area contributed by atoms with Gasteiger partial charge in [-0.2, -0.15) is 0 Å². The van der Waals surface area contributed by atoms with E-state index in [-0.39, 0.29) is 6.61 Å². The van der Waals surface area contributed by atoms with Gasteiger partial charge in [0, 0.05) is 31.4 Å². The van der Waals surface area contributed by atoms with Crippen LogP contribution in [0.15, 0.2) is 54.7 Å². The maximum absolute atomic E-state index is 9.11. The average Bonchev–Trinajstić information content (AvgIpc) is 3.11. The van der Waals surface area contributed by atoms with Crippen molar-refractivity contribution in [3.05, 3.63) is 71.4 Å². The van der Waals surface area contributed by atoms with Crippen LogP contribution in [0.3, 0.4) is 0 Å². The van der Waals surface area contributed by atoms with Crippen molar-refractivity contribution in [3.8, 4) is 0 Å². The molecule has 0 aliphatic carbocycles. The fraction of sp³-hybridized carbons (Fsp3) is 0.364. The second-order valence-electron chi connectivity index (χ2n) is 7.05. The molecule has 0 spiro atoms. The van der Waals surface area contributed by atoms with Gasteiger partial charge < -0.3 is 14.9 Å². The number of hydrogen-bond acceptors (Lipinski definition) is 3. The van der Waals surface area contributed by atoms with Crippen LogP contribution in [-0.2, 0) is 13.0 Å².